The van der Waals surface area contributed by atoms with Gasteiger partial charge in [-0.25, -0.2) is 4.98 Å². The third kappa shape index (κ3) is 3.62. The summed E-state index contributed by atoms with van der Waals surface area (Å²) in [5.74, 6) is 2.24. The number of hydrogen-bond donors (Lipinski definition) is 0. The number of nitrogens with zero attached hydrogens (tertiary/aromatic N) is 1. The van der Waals surface area contributed by atoms with Crippen LogP contribution in [0.2, 0.25) is 0 Å². The minimum absolute atomic E-state index is 0.651. The van der Waals surface area contributed by atoms with Gasteiger partial charge in [0.05, 0.1) is 13.3 Å². The van der Waals surface area contributed by atoms with Crippen LogP contribution in [0.1, 0.15) is 25.3 Å². The van der Waals surface area contributed by atoms with Crippen molar-refractivity contribution in [3.05, 3.63) is 60.3 Å². The van der Waals surface area contributed by atoms with Gasteiger partial charge in [-0.15, -0.1) is 0 Å². The van der Waals surface area contributed by atoms with Crippen LogP contribution < -0.4 is 4.74 Å². The number of methoxy groups -OCH3 is 1. The van der Waals surface area contributed by atoms with Gasteiger partial charge in [-0.05, 0) is 54.8 Å². The Bertz CT molecular complexity index is 742. The Morgan fingerprint density at radius 1 is 0.957 bits per heavy atom. The average Bonchev–Trinajstić information content (AvgIpc) is 3.10. The smallest absolute Gasteiger partial charge is 0.226 e. The van der Waals surface area contributed by atoms with Crippen LogP contribution in [-0.4, -0.2) is 12.1 Å². The lowest BCUT2D eigenvalue weighted by atomic mass is 10.1. The highest BCUT2D eigenvalue weighted by molar-refractivity contribution is 5.61. The quantitative estimate of drug-likeness (QED) is 0.615. The molecule has 1 heterocycles. The number of ether oxygens (including phenoxy) is 1. The molecule has 0 spiro atoms. The molecule has 0 amide bonds. The van der Waals surface area contributed by atoms with Gasteiger partial charge in [0.25, 0.3) is 0 Å². The van der Waals surface area contributed by atoms with Gasteiger partial charge in [-0.1, -0.05) is 25.5 Å². The molecule has 0 bridgehead atoms. The highest BCUT2D eigenvalue weighted by atomic mass is 16.5. The zero-order chi connectivity index (χ0) is 16.1. The Kier molecular flexibility index (Phi) is 4.77. The lowest BCUT2D eigenvalue weighted by Crippen LogP contribution is -1.84. The van der Waals surface area contributed by atoms with E-state index in [1.54, 1.807) is 13.3 Å². The van der Waals surface area contributed by atoms with Crippen molar-refractivity contribution in [2.24, 2.45) is 0 Å². The SMILES string of the molecule is CCCCc1ccc(-c2ncc(-c3ccc(OC)cc3)o2)cc1. The molecule has 3 heteroatoms. The van der Waals surface area contributed by atoms with Gasteiger partial charge in [0.1, 0.15) is 5.75 Å². The number of oxazole rings is 1. The van der Waals surface area contributed by atoms with Crippen molar-refractivity contribution in [1.82, 2.24) is 4.98 Å². The summed E-state index contributed by atoms with van der Waals surface area (Å²) in [5.41, 5.74) is 3.35. The van der Waals surface area contributed by atoms with Crippen LogP contribution in [0.15, 0.2) is 59.1 Å². The number of hydrogen-bond acceptors (Lipinski definition) is 3. The molecule has 0 fully saturated rings. The lowest BCUT2D eigenvalue weighted by Gasteiger charge is -2.02. The molecule has 0 N–H and O–H groups in total. The topological polar surface area (TPSA) is 35.3 Å². The molecule has 0 aliphatic carbocycles. The van der Waals surface area contributed by atoms with Crippen molar-refractivity contribution in [3.63, 3.8) is 0 Å². The molecule has 23 heavy (non-hydrogen) atoms. The lowest BCUT2D eigenvalue weighted by molar-refractivity contribution is 0.415. The summed E-state index contributed by atoms with van der Waals surface area (Å²) in [4.78, 5) is 4.40. The monoisotopic (exact) mass is 307 g/mol. The summed E-state index contributed by atoms with van der Waals surface area (Å²) >= 11 is 0. The first-order chi connectivity index (χ1) is 11.3. The first-order valence-electron chi connectivity index (χ1n) is 7.99. The number of aromatic nitrogens is 1. The maximum atomic E-state index is 5.90. The number of aryl methyl sites for hydroxylation is 1. The molecule has 2 aromatic carbocycles. The van der Waals surface area contributed by atoms with E-state index in [-0.39, 0.29) is 0 Å². The van der Waals surface area contributed by atoms with E-state index in [4.69, 9.17) is 9.15 Å². The fourth-order valence-electron chi connectivity index (χ4n) is 2.49. The molecule has 0 radical (unpaired) electrons. The van der Waals surface area contributed by atoms with E-state index in [0.717, 1.165) is 29.1 Å². The van der Waals surface area contributed by atoms with Crippen molar-refractivity contribution in [2.75, 3.05) is 7.11 Å². The van der Waals surface area contributed by atoms with Gasteiger partial charge in [-0.2, -0.15) is 0 Å². The van der Waals surface area contributed by atoms with E-state index in [0.29, 0.717) is 5.89 Å². The second-order valence-corrected chi connectivity index (χ2v) is 5.56. The van der Waals surface area contributed by atoms with Gasteiger partial charge >= 0.3 is 0 Å². The summed E-state index contributed by atoms with van der Waals surface area (Å²) in [6, 6.07) is 16.2. The normalized spacial score (nSPS) is 10.7. The molecule has 0 aliphatic heterocycles. The predicted octanol–water partition coefficient (Wildman–Crippen LogP) is 5.36. The molecule has 0 saturated heterocycles. The van der Waals surface area contributed by atoms with Crippen molar-refractivity contribution in [1.29, 1.82) is 0 Å². The highest BCUT2D eigenvalue weighted by Gasteiger charge is 2.08. The molecule has 0 unspecified atom stereocenters. The van der Waals surface area contributed by atoms with Gasteiger partial charge in [0, 0.05) is 11.1 Å². The van der Waals surface area contributed by atoms with Gasteiger partial charge < -0.3 is 9.15 Å². The van der Waals surface area contributed by atoms with Crippen LogP contribution in [0.5, 0.6) is 5.75 Å². The predicted molar refractivity (Wildman–Crippen MR) is 92.5 cm³/mol. The fraction of sp³-hybridized carbons (Fsp3) is 0.250. The van der Waals surface area contributed by atoms with E-state index in [2.05, 4.69) is 36.2 Å². The summed E-state index contributed by atoms with van der Waals surface area (Å²) in [6.07, 6.45) is 5.33. The standard InChI is InChI=1S/C20H21NO2/c1-3-4-5-15-6-8-17(9-7-15)20-21-14-19(23-20)16-10-12-18(22-2)13-11-16/h6-14H,3-5H2,1-2H3. The van der Waals surface area contributed by atoms with Crippen LogP contribution in [0.25, 0.3) is 22.8 Å². The maximum absolute atomic E-state index is 5.90. The van der Waals surface area contributed by atoms with Crippen LogP contribution in [0.4, 0.5) is 0 Å². The Labute approximate surface area is 136 Å². The minimum atomic E-state index is 0.651. The van der Waals surface area contributed by atoms with Crippen LogP contribution in [0.3, 0.4) is 0 Å². The van der Waals surface area contributed by atoms with Crippen molar-refractivity contribution >= 4 is 0 Å². The van der Waals surface area contributed by atoms with Gasteiger partial charge in [-0.3, -0.25) is 0 Å². The van der Waals surface area contributed by atoms with E-state index in [9.17, 15) is 0 Å². The molecule has 1 aromatic heterocycles. The average molecular weight is 307 g/mol. The molecule has 0 atom stereocenters. The second-order valence-electron chi connectivity index (χ2n) is 5.56. The summed E-state index contributed by atoms with van der Waals surface area (Å²) < 4.78 is 11.1. The Balaban J connectivity index is 1.78. The molecule has 118 valence electrons. The van der Waals surface area contributed by atoms with E-state index < -0.39 is 0 Å². The van der Waals surface area contributed by atoms with E-state index >= 15 is 0 Å². The molecular formula is C20H21NO2. The molecule has 3 nitrogen and oxygen atoms in total. The van der Waals surface area contributed by atoms with Gasteiger partial charge in [0.2, 0.25) is 5.89 Å². The number of rotatable bonds is 6. The van der Waals surface area contributed by atoms with Crippen molar-refractivity contribution in [2.45, 2.75) is 26.2 Å². The first kappa shape index (κ1) is 15.3. The van der Waals surface area contributed by atoms with Crippen molar-refractivity contribution in [3.8, 4) is 28.5 Å². The van der Waals surface area contributed by atoms with Crippen LogP contribution >= 0.6 is 0 Å². The highest BCUT2D eigenvalue weighted by Crippen LogP contribution is 2.27. The summed E-state index contributed by atoms with van der Waals surface area (Å²) in [5, 5.41) is 0. The van der Waals surface area contributed by atoms with Crippen molar-refractivity contribution < 1.29 is 9.15 Å². The van der Waals surface area contributed by atoms with Gasteiger partial charge in [0.15, 0.2) is 5.76 Å². The number of benzene rings is 2. The molecule has 0 saturated carbocycles. The third-order valence-corrected chi connectivity index (χ3v) is 3.90. The van der Waals surface area contributed by atoms with E-state index in [1.165, 1.54) is 18.4 Å². The zero-order valence-electron chi connectivity index (χ0n) is 13.6. The third-order valence-electron chi connectivity index (χ3n) is 3.90. The zero-order valence-corrected chi connectivity index (χ0v) is 13.6. The molecule has 0 aliphatic rings. The summed E-state index contributed by atoms with van der Waals surface area (Å²) in [7, 11) is 1.66. The Morgan fingerprint density at radius 2 is 1.65 bits per heavy atom. The maximum Gasteiger partial charge on any atom is 0.226 e. The second kappa shape index (κ2) is 7.14. The Hall–Kier alpha value is -2.55. The van der Waals surface area contributed by atoms with Crippen LogP contribution in [0, 0.1) is 0 Å². The van der Waals surface area contributed by atoms with E-state index in [1.807, 2.05) is 24.3 Å². The number of unbranched alkanes of at least 4 members (excludes halogenated alkanes) is 1. The largest absolute Gasteiger partial charge is 0.497 e. The fourth-order valence-corrected chi connectivity index (χ4v) is 2.49. The molecular weight excluding hydrogens is 286 g/mol. The molecule has 3 aromatic rings. The molecule has 3 rings (SSSR count). The van der Waals surface area contributed by atoms with Crippen LogP contribution in [-0.2, 0) is 6.42 Å². The Morgan fingerprint density at radius 3 is 2.30 bits per heavy atom. The first-order valence-corrected chi connectivity index (χ1v) is 7.99. The summed E-state index contributed by atoms with van der Waals surface area (Å²) in [6.45, 7) is 2.21. The minimum Gasteiger partial charge on any atom is -0.497 e.